The Morgan fingerprint density at radius 1 is 1.08 bits per heavy atom. The molecule has 0 unspecified atom stereocenters. The zero-order valence-electron chi connectivity index (χ0n) is 13.5. The van der Waals surface area contributed by atoms with Crippen LogP contribution in [0.1, 0.15) is 61.4 Å². The van der Waals surface area contributed by atoms with Crippen molar-refractivity contribution in [3.63, 3.8) is 0 Å². The summed E-state index contributed by atoms with van der Waals surface area (Å²) in [5.41, 5.74) is 5.00. The van der Waals surface area contributed by atoms with Crippen LogP contribution in [0.3, 0.4) is 0 Å². The molecule has 8 heteroatoms. The van der Waals surface area contributed by atoms with Gasteiger partial charge in [-0.2, -0.15) is 18.2 Å². The van der Waals surface area contributed by atoms with Gasteiger partial charge in [-0.25, -0.2) is 0 Å². The van der Waals surface area contributed by atoms with Crippen molar-refractivity contribution in [3.05, 3.63) is 47.1 Å². The Morgan fingerprint density at radius 2 is 1.76 bits per heavy atom. The molecule has 1 heterocycles. The number of rotatable bonds is 3. The van der Waals surface area contributed by atoms with Crippen LogP contribution < -0.4 is 5.73 Å². The predicted molar refractivity (Wildman–Crippen MR) is 87.3 cm³/mol. The van der Waals surface area contributed by atoms with Gasteiger partial charge in [-0.15, -0.1) is 12.4 Å². The summed E-state index contributed by atoms with van der Waals surface area (Å²) < 4.78 is 44.5. The number of hydrogen-bond donors (Lipinski definition) is 1. The number of hydrogen-bond acceptors (Lipinski definition) is 4. The first-order chi connectivity index (χ1) is 11.3. The van der Waals surface area contributed by atoms with Crippen LogP contribution in [0.4, 0.5) is 13.2 Å². The Balaban J connectivity index is 0.00000182. The number of nitrogens with two attached hydrogens (primary N) is 1. The molecule has 0 atom stereocenters. The Hall–Kier alpha value is -1.60. The molecule has 136 valence electrons. The van der Waals surface area contributed by atoms with Crippen molar-refractivity contribution in [1.29, 1.82) is 0 Å². The average Bonchev–Trinajstić information content (AvgIpc) is 2.93. The summed E-state index contributed by atoms with van der Waals surface area (Å²) in [5, 5.41) is 4.02. The minimum Gasteiger partial charge on any atom is -0.338 e. The van der Waals surface area contributed by atoms with Crippen LogP contribution in [0.15, 0.2) is 28.8 Å². The van der Waals surface area contributed by atoms with Crippen LogP contribution in [0, 0.1) is 0 Å². The van der Waals surface area contributed by atoms with Crippen molar-refractivity contribution in [2.75, 3.05) is 0 Å². The summed E-state index contributed by atoms with van der Waals surface area (Å²) in [6.45, 7) is 0. The van der Waals surface area contributed by atoms with Gasteiger partial charge in [-0.05, 0) is 43.7 Å². The molecule has 0 saturated heterocycles. The minimum absolute atomic E-state index is 0. The van der Waals surface area contributed by atoms with E-state index < -0.39 is 22.7 Å². The van der Waals surface area contributed by atoms with Crippen LogP contribution >= 0.6 is 12.4 Å². The van der Waals surface area contributed by atoms with Gasteiger partial charge in [0.2, 0.25) is 5.89 Å². The Bertz CT molecular complexity index is 766. The Morgan fingerprint density at radius 3 is 2.28 bits per heavy atom. The van der Waals surface area contributed by atoms with Gasteiger partial charge in [0.25, 0.3) is 0 Å². The predicted octanol–water partition coefficient (Wildman–Crippen LogP) is 4.32. The third-order valence-electron chi connectivity index (χ3n) is 5.48. The van der Waals surface area contributed by atoms with Crippen LogP contribution in [0.2, 0.25) is 0 Å². The highest BCUT2D eigenvalue weighted by atomic mass is 35.5. The molecule has 2 N–H and O–H groups in total. The highest BCUT2D eigenvalue weighted by molar-refractivity contribution is 5.85. The van der Waals surface area contributed by atoms with Gasteiger partial charge in [-0.3, -0.25) is 0 Å². The molecule has 25 heavy (non-hydrogen) atoms. The van der Waals surface area contributed by atoms with E-state index >= 15 is 0 Å². The van der Waals surface area contributed by atoms with Crippen molar-refractivity contribution in [2.45, 2.75) is 55.7 Å². The molecule has 2 saturated carbocycles. The first-order valence-corrected chi connectivity index (χ1v) is 8.15. The standard InChI is InChI=1S/C17H18F3N3O.ClH/c18-17(19,20)12-5-1-4-11(10-12)15(6-2-7-15)14-22-13(23-24-14)16(21)8-3-9-16;/h1,4-5,10H,2-3,6-9,21H2;1H. The molecule has 0 aliphatic heterocycles. The summed E-state index contributed by atoms with van der Waals surface area (Å²) in [5.74, 6) is 0.863. The van der Waals surface area contributed by atoms with Crippen LogP contribution in [-0.2, 0) is 17.1 Å². The number of benzene rings is 1. The molecule has 0 bridgehead atoms. The smallest absolute Gasteiger partial charge is 0.338 e. The fourth-order valence-corrected chi connectivity index (χ4v) is 3.55. The van der Waals surface area contributed by atoms with E-state index in [2.05, 4.69) is 10.1 Å². The number of nitrogens with zero attached hydrogens (tertiary/aromatic N) is 2. The second-order valence-electron chi connectivity index (χ2n) is 6.95. The molecule has 2 fully saturated rings. The molecular weight excluding hydrogens is 355 g/mol. The normalized spacial score (nSPS) is 21.0. The van der Waals surface area contributed by atoms with Crippen molar-refractivity contribution in [3.8, 4) is 0 Å². The molecule has 0 amide bonds. The van der Waals surface area contributed by atoms with E-state index in [-0.39, 0.29) is 12.4 Å². The third kappa shape index (κ3) is 2.83. The molecule has 2 aliphatic rings. The third-order valence-corrected chi connectivity index (χ3v) is 5.48. The topological polar surface area (TPSA) is 64.9 Å². The molecule has 0 radical (unpaired) electrons. The quantitative estimate of drug-likeness (QED) is 0.870. The summed E-state index contributed by atoms with van der Waals surface area (Å²) >= 11 is 0. The molecule has 2 aliphatic carbocycles. The maximum atomic E-state index is 13.0. The Labute approximate surface area is 149 Å². The van der Waals surface area contributed by atoms with Crippen LogP contribution in [0.5, 0.6) is 0 Å². The van der Waals surface area contributed by atoms with Gasteiger partial charge in [0, 0.05) is 0 Å². The van der Waals surface area contributed by atoms with Gasteiger partial charge >= 0.3 is 6.18 Å². The lowest BCUT2D eigenvalue weighted by molar-refractivity contribution is -0.137. The monoisotopic (exact) mass is 373 g/mol. The second kappa shape index (κ2) is 5.99. The molecule has 1 aromatic carbocycles. The fourth-order valence-electron chi connectivity index (χ4n) is 3.55. The SMILES string of the molecule is Cl.NC1(c2noc(C3(c4cccc(C(F)(F)F)c4)CCC3)n2)CCC1. The van der Waals surface area contributed by atoms with E-state index in [4.69, 9.17) is 10.3 Å². The van der Waals surface area contributed by atoms with Crippen molar-refractivity contribution in [2.24, 2.45) is 5.73 Å². The maximum Gasteiger partial charge on any atom is 0.416 e. The molecule has 0 spiro atoms. The van der Waals surface area contributed by atoms with Crippen LogP contribution in [0.25, 0.3) is 0 Å². The average molecular weight is 374 g/mol. The van der Waals surface area contributed by atoms with E-state index in [1.54, 1.807) is 6.07 Å². The first-order valence-electron chi connectivity index (χ1n) is 8.15. The van der Waals surface area contributed by atoms with E-state index in [0.717, 1.165) is 31.7 Å². The number of aromatic nitrogens is 2. The lowest BCUT2D eigenvalue weighted by Crippen LogP contribution is -2.44. The van der Waals surface area contributed by atoms with Gasteiger partial charge < -0.3 is 10.3 Å². The van der Waals surface area contributed by atoms with Crippen molar-refractivity contribution < 1.29 is 17.7 Å². The molecule has 1 aromatic heterocycles. The van der Waals surface area contributed by atoms with Crippen LogP contribution in [-0.4, -0.2) is 10.1 Å². The minimum atomic E-state index is -4.37. The fraction of sp³-hybridized carbons (Fsp3) is 0.529. The largest absolute Gasteiger partial charge is 0.416 e. The molecular formula is C17H19ClF3N3O. The highest BCUT2D eigenvalue weighted by Crippen LogP contribution is 2.50. The Kier molecular flexibility index (Phi) is 4.36. The lowest BCUT2D eigenvalue weighted by atomic mass is 9.64. The van der Waals surface area contributed by atoms with Gasteiger partial charge in [0.15, 0.2) is 5.82 Å². The van der Waals surface area contributed by atoms with E-state index in [0.29, 0.717) is 30.1 Å². The van der Waals surface area contributed by atoms with E-state index in [9.17, 15) is 13.2 Å². The first kappa shape index (κ1) is 18.2. The van der Waals surface area contributed by atoms with E-state index in [1.807, 2.05) is 0 Å². The van der Waals surface area contributed by atoms with Gasteiger partial charge in [-0.1, -0.05) is 29.8 Å². The van der Waals surface area contributed by atoms with Crippen molar-refractivity contribution >= 4 is 12.4 Å². The van der Waals surface area contributed by atoms with E-state index in [1.165, 1.54) is 12.1 Å². The highest BCUT2D eigenvalue weighted by Gasteiger charge is 2.48. The number of alkyl halides is 3. The van der Waals surface area contributed by atoms with Crippen molar-refractivity contribution in [1.82, 2.24) is 10.1 Å². The summed E-state index contributed by atoms with van der Waals surface area (Å²) in [6.07, 6.45) is 0.598. The summed E-state index contributed by atoms with van der Waals surface area (Å²) in [7, 11) is 0. The summed E-state index contributed by atoms with van der Waals surface area (Å²) in [4.78, 5) is 4.48. The zero-order chi connectivity index (χ0) is 17.0. The second-order valence-corrected chi connectivity index (χ2v) is 6.95. The molecule has 2 aromatic rings. The zero-order valence-corrected chi connectivity index (χ0v) is 14.3. The van der Waals surface area contributed by atoms with Gasteiger partial charge in [0.05, 0.1) is 16.5 Å². The molecule has 4 nitrogen and oxygen atoms in total. The lowest BCUT2D eigenvalue weighted by Gasteiger charge is -2.39. The maximum absolute atomic E-state index is 13.0. The van der Waals surface area contributed by atoms with Gasteiger partial charge in [0.1, 0.15) is 0 Å². The number of halogens is 4. The molecule has 4 rings (SSSR count). The summed E-state index contributed by atoms with van der Waals surface area (Å²) in [6, 6.07) is 5.43.